The number of likely N-dealkylation sites (tertiary alicyclic amines) is 1. The zero-order valence-corrected chi connectivity index (χ0v) is 23.2. The number of nitrogens with zero attached hydrogens (tertiary/aromatic N) is 1. The standard InChI is InChI=1S/C32H39NO6/c1-5-21(15-22-13-19(2)30(36)20(3)14-22)11-12-27(35)28-23(18-39-24-9-7-6-8-10-24)16-25-29(26(28)17-34)32(38)33(4)31(25)37/h6-10,13-15,25-27,29,34-36H,5,11-12,16-18H2,1-4H3/b21-15+/t25-,26+,27-,29-/m1/s1. The summed E-state index contributed by atoms with van der Waals surface area (Å²) in [6.07, 6.45) is 3.33. The maximum Gasteiger partial charge on any atom is 0.233 e. The highest BCUT2D eigenvalue weighted by molar-refractivity contribution is 6.05. The first kappa shape index (κ1) is 28.6. The van der Waals surface area contributed by atoms with Crippen LogP contribution in [0.25, 0.3) is 6.08 Å². The van der Waals surface area contributed by atoms with Crippen molar-refractivity contribution in [2.45, 2.75) is 52.6 Å². The van der Waals surface area contributed by atoms with E-state index in [1.54, 1.807) is 0 Å². The number of fused-ring (bicyclic) bond motifs is 1. The smallest absolute Gasteiger partial charge is 0.233 e. The van der Waals surface area contributed by atoms with Gasteiger partial charge in [0.2, 0.25) is 11.8 Å². The number of rotatable bonds is 10. The summed E-state index contributed by atoms with van der Waals surface area (Å²) in [5.41, 5.74) is 5.16. The number of benzene rings is 2. The Hall–Kier alpha value is -3.42. The predicted octanol–water partition coefficient (Wildman–Crippen LogP) is 4.56. The Morgan fingerprint density at radius 2 is 1.79 bits per heavy atom. The molecule has 2 aromatic rings. The molecule has 4 rings (SSSR count). The first-order valence-electron chi connectivity index (χ1n) is 13.7. The van der Waals surface area contributed by atoms with Gasteiger partial charge in [0.05, 0.1) is 24.5 Å². The number of ether oxygens (including phenoxy) is 1. The number of allylic oxidation sites excluding steroid dienone is 1. The van der Waals surface area contributed by atoms with Crippen LogP contribution in [0.15, 0.2) is 59.2 Å². The van der Waals surface area contributed by atoms with E-state index >= 15 is 0 Å². The molecule has 0 unspecified atom stereocenters. The van der Waals surface area contributed by atoms with Crippen molar-refractivity contribution >= 4 is 17.9 Å². The van der Waals surface area contributed by atoms with Gasteiger partial charge in [-0.3, -0.25) is 14.5 Å². The van der Waals surface area contributed by atoms with Gasteiger partial charge in [0.25, 0.3) is 0 Å². The molecule has 2 amide bonds. The van der Waals surface area contributed by atoms with E-state index in [2.05, 4.69) is 13.0 Å². The molecule has 3 N–H and O–H groups in total. The third kappa shape index (κ3) is 5.94. The number of imide groups is 1. The molecule has 0 bridgehead atoms. The molecule has 0 aromatic heterocycles. The minimum Gasteiger partial charge on any atom is -0.507 e. The Labute approximate surface area is 230 Å². The SMILES string of the molecule is CC/C(=C\c1cc(C)c(O)c(C)c1)CC[C@@H](O)C1=C(COc2ccccc2)C[C@H]2C(=O)N(C)C(=O)[C@H]2[C@H]1CO. The fourth-order valence-electron chi connectivity index (χ4n) is 6.07. The van der Waals surface area contributed by atoms with E-state index in [-0.39, 0.29) is 25.0 Å². The molecule has 1 fully saturated rings. The van der Waals surface area contributed by atoms with Gasteiger partial charge < -0.3 is 20.1 Å². The van der Waals surface area contributed by atoms with Gasteiger partial charge in [0.1, 0.15) is 18.1 Å². The number of phenols is 1. The Bertz CT molecular complexity index is 1260. The lowest BCUT2D eigenvalue weighted by molar-refractivity contribution is -0.138. The number of carbonyl (C=O) groups excluding carboxylic acids is 2. The lowest BCUT2D eigenvalue weighted by Gasteiger charge is -2.36. The maximum absolute atomic E-state index is 13.0. The summed E-state index contributed by atoms with van der Waals surface area (Å²) in [4.78, 5) is 27.0. The molecule has 0 saturated carbocycles. The van der Waals surface area contributed by atoms with Gasteiger partial charge in [-0.25, -0.2) is 0 Å². The number of amides is 2. The summed E-state index contributed by atoms with van der Waals surface area (Å²) < 4.78 is 6.02. The van der Waals surface area contributed by atoms with E-state index in [0.717, 1.165) is 39.2 Å². The molecule has 2 aliphatic rings. The molecule has 1 aliphatic heterocycles. The van der Waals surface area contributed by atoms with Gasteiger partial charge in [-0.1, -0.05) is 36.8 Å². The number of hydrogen-bond donors (Lipinski definition) is 3. The largest absolute Gasteiger partial charge is 0.507 e. The number of phenolic OH excluding ortho intramolecular Hbond substituents is 1. The molecule has 39 heavy (non-hydrogen) atoms. The highest BCUT2D eigenvalue weighted by Crippen LogP contribution is 2.46. The van der Waals surface area contributed by atoms with E-state index in [1.165, 1.54) is 7.05 Å². The van der Waals surface area contributed by atoms with Gasteiger partial charge in [-0.2, -0.15) is 0 Å². The van der Waals surface area contributed by atoms with Crippen molar-refractivity contribution in [1.82, 2.24) is 4.90 Å². The molecule has 1 saturated heterocycles. The van der Waals surface area contributed by atoms with Crippen molar-refractivity contribution in [2.75, 3.05) is 20.3 Å². The highest BCUT2D eigenvalue weighted by atomic mass is 16.5. The summed E-state index contributed by atoms with van der Waals surface area (Å²) in [5, 5.41) is 32.1. The Kier molecular flexibility index (Phi) is 8.93. The van der Waals surface area contributed by atoms with Crippen LogP contribution in [0.2, 0.25) is 0 Å². The van der Waals surface area contributed by atoms with Crippen molar-refractivity contribution in [2.24, 2.45) is 17.8 Å². The zero-order chi connectivity index (χ0) is 28.3. The van der Waals surface area contributed by atoms with Crippen LogP contribution in [-0.4, -0.2) is 58.4 Å². The van der Waals surface area contributed by atoms with E-state index in [4.69, 9.17) is 4.74 Å². The van der Waals surface area contributed by atoms with Crippen molar-refractivity contribution in [3.63, 3.8) is 0 Å². The third-order valence-corrected chi connectivity index (χ3v) is 8.19. The molecule has 7 nitrogen and oxygen atoms in total. The second-order valence-electron chi connectivity index (χ2n) is 10.7. The van der Waals surface area contributed by atoms with Crippen molar-refractivity contribution in [3.05, 3.63) is 75.9 Å². The van der Waals surface area contributed by atoms with Crippen LogP contribution in [0.3, 0.4) is 0 Å². The van der Waals surface area contributed by atoms with E-state index in [9.17, 15) is 24.9 Å². The molecule has 208 valence electrons. The normalized spacial score (nSPS) is 22.4. The number of aliphatic hydroxyl groups excluding tert-OH is 2. The second-order valence-corrected chi connectivity index (χ2v) is 10.7. The van der Waals surface area contributed by atoms with Crippen LogP contribution in [0.5, 0.6) is 11.5 Å². The predicted molar refractivity (Wildman–Crippen MR) is 150 cm³/mol. The monoisotopic (exact) mass is 533 g/mol. The molecule has 7 heteroatoms. The number of hydrogen-bond acceptors (Lipinski definition) is 6. The summed E-state index contributed by atoms with van der Waals surface area (Å²) in [6.45, 7) is 5.65. The Balaban J connectivity index is 1.61. The van der Waals surface area contributed by atoms with Gasteiger partial charge in [0, 0.05) is 13.0 Å². The molecular weight excluding hydrogens is 494 g/mol. The van der Waals surface area contributed by atoms with Gasteiger partial charge >= 0.3 is 0 Å². The molecule has 4 atom stereocenters. The minimum atomic E-state index is -0.899. The maximum atomic E-state index is 13.0. The molecule has 1 aliphatic carbocycles. The average Bonchev–Trinajstić information content (AvgIpc) is 3.15. The summed E-state index contributed by atoms with van der Waals surface area (Å²) in [6, 6.07) is 13.2. The minimum absolute atomic E-state index is 0.170. The lowest BCUT2D eigenvalue weighted by atomic mass is 9.68. The second kappa shape index (κ2) is 12.2. The highest BCUT2D eigenvalue weighted by Gasteiger charge is 2.53. The molecule has 0 spiro atoms. The van der Waals surface area contributed by atoms with Gasteiger partial charge in [-0.15, -0.1) is 0 Å². The van der Waals surface area contributed by atoms with Crippen molar-refractivity contribution in [3.8, 4) is 11.5 Å². The summed E-state index contributed by atoms with van der Waals surface area (Å²) in [7, 11) is 1.48. The van der Waals surface area contributed by atoms with Crippen LogP contribution in [-0.2, 0) is 9.59 Å². The van der Waals surface area contributed by atoms with E-state index in [0.29, 0.717) is 36.3 Å². The van der Waals surface area contributed by atoms with Crippen LogP contribution in [0.1, 0.15) is 49.3 Å². The summed E-state index contributed by atoms with van der Waals surface area (Å²) >= 11 is 0. The van der Waals surface area contributed by atoms with Crippen molar-refractivity contribution in [1.29, 1.82) is 0 Å². The first-order chi connectivity index (χ1) is 18.7. The lowest BCUT2D eigenvalue weighted by Crippen LogP contribution is -2.39. The Morgan fingerprint density at radius 3 is 2.41 bits per heavy atom. The summed E-state index contributed by atoms with van der Waals surface area (Å²) in [5.74, 6) is -1.46. The number of aryl methyl sites for hydroxylation is 2. The number of aliphatic hydroxyl groups is 2. The fourth-order valence-corrected chi connectivity index (χ4v) is 6.07. The van der Waals surface area contributed by atoms with Crippen LogP contribution in [0.4, 0.5) is 0 Å². The molecule has 2 aromatic carbocycles. The van der Waals surface area contributed by atoms with Crippen LogP contribution in [0, 0.1) is 31.6 Å². The number of para-hydroxylation sites is 1. The number of aromatic hydroxyl groups is 1. The van der Waals surface area contributed by atoms with Crippen LogP contribution >= 0.6 is 0 Å². The van der Waals surface area contributed by atoms with Crippen molar-refractivity contribution < 1.29 is 29.6 Å². The van der Waals surface area contributed by atoms with Gasteiger partial charge in [-0.05, 0) is 91.6 Å². The van der Waals surface area contributed by atoms with E-state index in [1.807, 2.05) is 56.3 Å². The zero-order valence-electron chi connectivity index (χ0n) is 23.2. The molecule has 1 heterocycles. The number of carbonyl (C=O) groups is 2. The van der Waals surface area contributed by atoms with E-state index < -0.39 is 23.9 Å². The molecular formula is C32H39NO6. The topological polar surface area (TPSA) is 107 Å². The first-order valence-corrected chi connectivity index (χ1v) is 13.7. The average molecular weight is 534 g/mol. The fraction of sp³-hybridized carbons (Fsp3) is 0.438. The quantitative estimate of drug-likeness (QED) is 0.305. The Morgan fingerprint density at radius 1 is 1.13 bits per heavy atom. The van der Waals surface area contributed by atoms with Crippen LogP contribution < -0.4 is 4.74 Å². The van der Waals surface area contributed by atoms with Gasteiger partial charge in [0.15, 0.2) is 0 Å². The third-order valence-electron chi connectivity index (χ3n) is 8.19. The molecule has 0 radical (unpaired) electrons.